The summed E-state index contributed by atoms with van der Waals surface area (Å²) in [7, 11) is 1.59. The van der Waals surface area contributed by atoms with Crippen molar-refractivity contribution in [2.45, 2.75) is 18.0 Å². The molecule has 2 aliphatic heterocycles. The number of hydrogen-bond acceptors (Lipinski definition) is 6. The predicted molar refractivity (Wildman–Crippen MR) is 99.1 cm³/mol. The van der Waals surface area contributed by atoms with Crippen molar-refractivity contribution in [3.63, 3.8) is 0 Å². The van der Waals surface area contributed by atoms with E-state index in [1.54, 1.807) is 12.0 Å². The van der Waals surface area contributed by atoms with Crippen LogP contribution < -0.4 is 10.5 Å². The summed E-state index contributed by atoms with van der Waals surface area (Å²) in [5, 5.41) is -0.0526. The molecule has 0 spiro atoms. The van der Waals surface area contributed by atoms with Crippen molar-refractivity contribution in [1.82, 2.24) is 4.90 Å². The number of fused-ring (bicyclic) bond motifs is 1. The molecule has 0 radical (unpaired) electrons. The Morgan fingerprint density at radius 3 is 2.72 bits per heavy atom. The third kappa shape index (κ3) is 3.69. The topological polar surface area (TPSA) is 81.9 Å². The molecule has 2 aliphatic rings. The lowest BCUT2D eigenvalue weighted by molar-refractivity contribution is -0.161. The number of alkyl halides is 1. The first-order chi connectivity index (χ1) is 11.5. The first-order valence-electron chi connectivity index (χ1n) is 7.54. The number of β-lactam (4-membered cyclic amide) rings is 1. The maximum Gasteiger partial charge on any atom is 0.316 e. The monoisotopic (exact) mass is 406 g/mol. The predicted octanol–water partition coefficient (Wildman–Crippen LogP) is 1.63. The Bertz CT molecular complexity index is 646. The number of nitrogens with zero attached hydrogens (tertiary/aromatic N) is 1. The number of thioether (sulfide) groups is 1. The highest BCUT2D eigenvalue weighted by atomic mass is 35.5. The van der Waals surface area contributed by atoms with Crippen LogP contribution in [0.15, 0.2) is 24.3 Å². The summed E-state index contributed by atoms with van der Waals surface area (Å²) in [5.74, 6) is 0.828. The number of carbonyl (C=O) groups is 2. The number of rotatable bonds is 5. The molecule has 1 aromatic rings. The normalized spacial score (nSPS) is 27.6. The molecule has 2 saturated heterocycles. The maximum absolute atomic E-state index is 12.6. The van der Waals surface area contributed by atoms with E-state index >= 15 is 0 Å². The first-order valence-corrected chi connectivity index (χ1v) is 9.13. The molecule has 0 aromatic heterocycles. The molecule has 2 N–H and O–H groups in total. The summed E-state index contributed by atoms with van der Waals surface area (Å²) in [6.07, 6.45) is 0. The van der Waals surface area contributed by atoms with Gasteiger partial charge in [0.2, 0.25) is 5.91 Å². The van der Waals surface area contributed by atoms with Gasteiger partial charge in [0.1, 0.15) is 29.2 Å². The van der Waals surface area contributed by atoms with E-state index < -0.39 is 11.5 Å². The number of benzene rings is 1. The Labute approximate surface area is 161 Å². The Morgan fingerprint density at radius 1 is 1.44 bits per heavy atom. The van der Waals surface area contributed by atoms with Crippen molar-refractivity contribution in [2.24, 2.45) is 11.1 Å². The van der Waals surface area contributed by atoms with E-state index in [0.717, 1.165) is 11.3 Å². The van der Waals surface area contributed by atoms with Crippen molar-refractivity contribution < 1.29 is 19.1 Å². The number of hydrogen-bond donors (Lipinski definition) is 1. The van der Waals surface area contributed by atoms with Gasteiger partial charge in [-0.3, -0.25) is 9.59 Å². The Kier molecular flexibility index (Phi) is 6.48. The quantitative estimate of drug-likeness (QED) is 0.454. The van der Waals surface area contributed by atoms with Crippen LogP contribution in [-0.2, 0) is 20.9 Å². The van der Waals surface area contributed by atoms with Gasteiger partial charge in [-0.25, -0.2) is 0 Å². The number of esters is 1. The third-order valence-corrected chi connectivity index (χ3v) is 6.52. The molecule has 6 nitrogen and oxygen atoms in total. The van der Waals surface area contributed by atoms with Gasteiger partial charge in [0, 0.05) is 18.2 Å². The minimum Gasteiger partial charge on any atom is -0.497 e. The van der Waals surface area contributed by atoms with Gasteiger partial charge in [-0.2, -0.15) is 0 Å². The van der Waals surface area contributed by atoms with Gasteiger partial charge in [0.15, 0.2) is 0 Å². The van der Waals surface area contributed by atoms with Gasteiger partial charge in [-0.15, -0.1) is 35.8 Å². The lowest BCUT2D eigenvalue weighted by Crippen LogP contribution is -2.72. The molecular weight excluding hydrogens is 387 g/mol. The summed E-state index contributed by atoms with van der Waals surface area (Å²) in [5.41, 5.74) is 5.74. The Morgan fingerprint density at radius 2 is 2.12 bits per heavy atom. The summed E-state index contributed by atoms with van der Waals surface area (Å²) in [6.45, 7) is 0.422. The molecular formula is C16H20Cl2N2O4S. The number of amides is 1. The SMILES string of the molecule is COc1ccc(COC(=O)C2(CCl)CS[C@@H]3C(N)C(=O)N3C2)cc1.Cl. The number of ether oxygens (including phenoxy) is 2. The van der Waals surface area contributed by atoms with E-state index in [-0.39, 0.29) is 48.7 Å². The van der Waals surface area contributed by atoms with Crippen molar-refractivity contribution >= 4 is 47.6 Å². The molecule has 9 heteroatoms. The smallest absolute Gasteiger partial charge is 0.316 e. The summed E-state index contributed by atoms with van der Waals surface area (Å²) in [6, 6.07) is 6.81. The fraction of sp³-hybridized carbons (Fsp3) is 0.500. The van der Waals surface area contributed by atoms with Gasteiger partial charge in [-0.05, 0) is 17.7 Å². The summed E-state index contributed by atoms with van der Waals surface area (Å²) in [4.78, 5) is 26.1. The van der Waals surface area contributed by atoms with Crippen LogP contribution in [0.25, 0.3) is 0 Å². The van der Waals surface area contributed by atoms with Crippen LogP contribution in [0.1, 0.15) is 5.56 Å². The molecule has 0 aliphatic carbocycles. The van der Waals surface area contributed by atoms with E-state index in [1.165, 1.54) is 11.8 Å². The van der Waals surface area contributed by atoms with Gasteiger partial charge in [0.05, 0.1) is 7.11 Å². The van der Waals surface area contributed by atoms with Crippen LogP contribution in [0.4, 0.5) is 0 Å². The largest absolute Gasteiger partial charge is 0.497 e. The van der Waals surface area contributed by atoms with Crippen LogP contribution in [0, 0.1) is 5.41 Å². The van der Waals surface area contributed by atoms with Crippen LogP contribution in [-0.4, -0.2) is 53.5 Å². The van der Waals surface area contributed by atoms with E-state index in [1.807, 2.05) is 24.3 Å². The van der Waals surface area contributed by atoms with Crippen molar-refractivity contribution in [2.75, 3.05) is 25.3 Å². The third-order valence-electron chi connectivity index (χ3n) is 4.40. The Balaban J connectivity index is 0.00000225. The fourth-order valence-corrected chi connectivity index (χ4v) is 4.69. The molecule has 3 rings (SSSR count). The van der Waals surface area contributed by atoms with Crippen LogP contribution in [0.3, 0.4) is 0 Å². The molecule has 0 saturated carbocycles. The van der Waals surface area contributed by atoms with E-state index in [9.17, 15) is 9.59 Å². The van der Waals surface area contributed by atoms with Gasteiger partial charge in [0.25, 0.3) is 0 Å². The molecule has 0 bridgehead atoms. The number of nitrogens with two attached hydrogens (primary N) is 1. The second kappa shape index (κ2) is 8.03. The minimum absolute atomic E-state index is 0. The van der Waals surface area contributed by atoms with Crippen LogP contribution in [0.5, 0.6) is 5.75 Å². The lowest BCUT2D eigenvalue weighted by atomic mass is 9.89. The molecule has 138 valence electrons. The first kappa shape index (κ1) is 20.2. The highest BCUT2D eigenvalue weighted by molar-refractivity contribution is 8.00. The molecule has 1 aromatic carbocycles. The molecule has 3 atom stereocenters. The van der Waals surface area contributed by atoms with Gasteiger partial charge < -0.3 is 20.1 Å². The number of carbonyl (C=O) groups excluding carboxylic acids is 2. The van der Waals surface area contributed by atoms with Crippen LogP contribution >= 0.6 is 35.8 Å². The zero-order chi connectivity index (χ0) is 17.3. The van der Waals surface area contributed by atoms with Crippen molar-refractivity contribution in [3.8, 4) is 5.75 Å². The second-order valence-corrected chi connectivity index (χ2v) is 7.40. The molecule has 2 fully saturated rings. The van der Waals surface area contributed by atoms with Crippen LogP contribution in [0.2, 0.25) is 0 Å². The maximum atomic E-state index is 12.6. The zero-order valence-corrected chi connectivity index (χ0v) is 16.0. The molecule has 2 unspecified atom stereocenters. The van der Waals surface area contributed by atoms with E-state index in [2.05, 4.69) is 0 Å². The highest BCUT2D eigenvalue weighted by Gasteiger charge is 2.55. The standard InChI is InChI=1S/C16H19ClN2O4S.ClH/c1-22-11-4-2-10(3-5-11)6-23-15(21)16(7-17)8-19-13(20)12(18)14(19)24-9-16;/h2-5,12,14H,6-9,18H2,1H3;1H/t12?,14-,16?;/m1./s1. The van der Waals surface area contributed by atoms with E-state index in [0.29, 0.717) is 5.75 Å². The summed E-state index contributed by atoms with van der Waals surface area (Å²) < 4.78 is 10.6. The lowest BCUT2D eigenvalue weighted by Gasteiger charge is -2.52. The Hall–Kier alpha value is -1.15. The number of halogens is 2. The second-order valence-electron chi connectivity index (χ2n) is 6.03. The summed E-state index contributed by atoms with van der Waals surface area (Å²) >= 11 is 7.56. The zero-order valence-electron chi connectivity index (χ0n) is 13.6. The van der Waals surface area contributed by atoms with Gasteiger partial charge >= 0.3 is 5.97 Å². The average Bonchev–Trinajstić information content (AvgIpc) is 2.65. The van der Waals surface area contributed by atoms with Crippen molar-refractivity contribution in [1.29, 1.82) is 0 Å². The van der Waals surface area contributed by atoms with Crippen molar-refractivity contribution in [3.05, 3.63) is 29.8 Å². The number of methoxy groups -OCH3 is 1. The fourth-order valence-electron chi connectivity index (χ4n) is 2.81. The molecule has 1 amide bonds. The minimum atomic E-state index is -0.884. The highest BCUT2D eigenvalue weighted by Crippen LogP contribution is 2.42. The van der Waals surface area contributed by atoms with Gasteiger partial charge in [-0.1, -0.05) is 12.1 Å². The molecule has 2 heterocycles. The average molecular weight is 407 g/mol. The molecule has 25 heavy (non-hydrogen) atoms. The van der Waals surface area contributed by atoms with E-state index in [4.69, 9.17) is 26.8 Å².